The summed E-state index contributed by atoms with van der Waals surface area (Å²) in [6.07, 6.45) is 0. The zero-order chi connectivity index (χ0) is 17.5. The average molecular weight is 346 g/mol. The highest BCUT2D eigenvalue weighted by Gasteiger charge is 2.10. The van der Waals surface area contributed by atoms with Gasteiger partial charge in [-0.1, -0.05) is 29.8 Å². The monoisotopic (exact) mass is 345 g/mol. The Kier molecular flexibility index (Phi) is 6.35. The highest BCUT2D eigenvalue weighted by Crippen LogP contribution is 2.21. The largest absolute Gasteiger partial charge is 0.326 e. The minimum atomic E-state index is -0.152. The second kappa shape index (κ2) is 8.47. The Hall–Kier alpha value is -2.37. The summed E-state index contributed by atoms with van der Waals surface area (Å²) < 4.78 is 0. The SMILES string of the molecule is CC(=O)Nc1ccc(NC(=O)CNC(C)c2ccccc2Cl)cc1. The fourth-order valence-electron chi connectivity index (χ4n) is 2.23. The highest BCUT2D eigenvalue weighted by atomic mass is 35.5. The number of nitrogens with one attached hydrogen (secondary N) is 3. The standard InChI is InChI=1S/C18H20ClN3O2/c1-12(16-5-3-4-6-17(16)19)20-11-18(24)22-15-9-7-14(8-10-15)21-13(2)23/h3-10,12,20H,11H2,1-2H3,(H,21,23)(H,22,24). The average Bonchev–Trinajstić information content (AvgIpc) is 2.54. The van der Waals surface area contributed by atoms with Gasteiger partial charge in [0.2, 0.25) is 11.8 Å². The van der Waals surface area contributed by atoms with Crippen LogP contribution in [-0.4, -0.2) is 18.4 Å². The molecule has 0 heterocycles. The molecular formula is C18H20ClN3O2. The van der Waals surface area contributed by atoms with Crippen molar-refractivity contribution in [3.05, 3.63) is 59.1 Å². The Morgan fingerprint density at radius 3 is 2.17 bits per heavy atom. The van der Waals surface area contributed by atoms with Gasteiger partial charge in [0.25, 0.3) is 0 Å². The molecule has 2 rings (SSSR count). The number of anilines is 2. The van der Waals surface area contributed by atoms with Gasteiger partial charge in [-0.3, -0.25) is 9.59 Å². The Labute approximate surface area is 146 Å². The van der Waals surface area contributed by atoms with Crippen LogP contribution in [0.1, 0.15) is 25.5 Å². The van der Waals surface area contributed by atoms with Crippen LogP contribution in [-0.2, 0) is 9.59 Å². The number of carbonyl (C=O) groups excluding carboxylic acids is 2. The lowest BCUT2D eigenvalue weighted by molar-refractivity contribution is -0.115. The summed E-state index contributed by atoms with van der Waals surface area (Å²) in [7, 11) is 0. The lowest BCUT2D eigenvalue weighted by Gasteiger charge is -2.15. The molecule has 0 aliphatic carbocycles. The van der Waals surface area contributed by atoms with E-state index < -0.39 is 0 Å². The fraction of sp³-hybridized carbons (Fsp3) is 0.222. The first-order chi connectivity index (χ1) is 11.5. The molecule has 0 fully saturated rings. The molecule has 24 heavy (non-hydrogen) atoms. The Morgan fingerprint density at radius 2 is 1.58 bits per heavy atom. The van der Waals surface area contributed by atoms with Gasteiger partial charge < -0.3 is 16.0 Å². The zero-order valence-electron chi connectivity index (χ0n) is 13.6. The molecule has 1 unspecified atom stereocenters. The molecule has 0 saturated heterocycles. The minimum absolute atomic E-state index is 0.0356. The number of benzene rings is 2. The molecule has 1 atom stereocenters. The molecule has 0 aliphatic rings. The van der Waals surface area contributed by atoms with Crippen molar-refractivity contribution in [3.63, 3.8) is 0 Å². The maximum Gasteiger partial charge on any atom is 0.238 e. The van der Waals surface area contributed by atoms with E-state index in [0.717, 1.165) is 5.56 Å². The van der Waals surface area contributed by atoms with Gasteiger partial charge in [0.05, 0.1) is 6.54 Å². The van der Waals surface area contributed by atoms with Gasteiger partial charge in [-0.15, -0.1) is 0 Å². The summed E-state index contributed by atoms with van der Waals surface area (Å²) >= 11 is 6.14. The number of hydrogen-bond donors (Lipinski definition) is 3. The Morgan fingerprint density at radius 1 is 1.00 bits per heavy atom. The van der Waals surface area contributed by atoms with Crippen molar-refractivity contribution in [1.29, 1.82) is 0 Å². The molecule has 0 aliphatic heterocycles. The molecule has 0 aromatic heterocycles. The van der Waals surface area contributed by atoms with Gasteiger partial charge in [-0.2, -0.15) is 0 Å². The van der Waals surface area contributed by atoms with Crippen molar-refractivity contribution in [3.8, 4) is 0 Å². The quantitative estimate of drug-likeness (QED) is 0.749. The van der Waals surface area contributed by atoms with E-state index in [4.69, 9.17) is 11.6 Å². The third kappa shape index (κ3) is 5.37. The van der Waals surface area contributed by atoms with Crippen molar-refractivity contribution >= 4 is 34.8 Å². The van der Waals surface area contributed by atoms with Gasteiger partial charge >= 0.3 is 0 Å². The van der Waals surface area contributed by atoms with Crippen LogP contribution in [0.5, 0.6) is 0 Å². The van der Waals surface area contributed by atoms with Gasteiger partial charge in [-0.05, 0) is 42.8 Å². The molecule has 6 heteroatoms. The number of rotatable bonds is 6. The highest BCUT2D eigenvalue weighted by molar-refractivity contribution is 6.31. The van der Waals surface area contributed by atoms with E-state index in [9.17, 15) is 9.59 Å². The lowest BCUT2D eigenvalue weighted by atomic mass is 10.1. The molecule has 0 spiro atoms. The molecule has 3 N–H and O–H groups in total. The van der Waals surface area contributed by atoms with Crippen LogP contribution >= 0.6 is 11.6 Å². The normalized spacial score (nSPS) is 11.6. The fourth-order valence-corrected chi connectivity index (χ4v) is 2.53. The molecule has 2 aromatic carbocycles. The lowest BCUT2D eigenvalue weighted by Crippen LogP contribution is -2.30. The number of halogens is 1. The Bertz CT molecular complexity index is 716. The van der Waals surface area contributed by atoms with Gasteiger partial charge in [0.15, 0.2) is 0 Å². The maximum absolute atomic E-state index is 12.0. The van der Waals surface area contributed by atoms with E-state index in [1.807, 2.05) is 31.2 Å². The predicted molar refractivity (Wildman–Crippen MR) is 97.2 cm³/mol. The first kappa shape index (κ1) is 18.0. The summed E-state index contributed by atoms with van der Waals surface area (Å²) in [6.45, 7) is 3.57. The summed E-state index contributed by atoms with van der Waals surface area (Å²) in [5.74, 6) is -0.286. The first-order valence-corrected chi connectivity index (χ1v) is 7.99. The van der Waals surface area contributed by atoms with E-state index in [1.54, 1.807) is 24.3 Å². The topological polar surface area (TPSA) is 70.2 Å². The summed E-state index contributed by atoms with van der Waals surface area (Å²) in [4.78, 5) is 23.0. The van der Waals surface area contributed by atoms with Crippen LogP contribution in [0, 0.1) is 0 Å². The number of amides is 2. The minimum Gasteiger partial charge on any atom is -0.326 e. The smallest absolute Gasteiger partial charge is 0.238 e. The van der Waals surface area contributed by atoms with Crippen molar-refractivity contribution in [2.75, 3.05) is 17.2 Å². The number of hydrogen-bond acceptors (Lipinski definition) is 3. The molecule has 5 nitrogen and oxygen atoms in total. The van der Waals surface area contributed by atoms with Crippen molar-refractivity contribution < 1.29 is 9.59 Å². The van der Waals surface area contributed by atoms with Crippen LogP contribution in [0.4, 0.5) is 11.4 Å². The second-order valence-corrected chi connectivity index (χ2v) is 5.84. The van der Waals surface area contributed by atoms with E-state index >= 15 is 0 Å². The molecule has 126 valence electrons. The van der Waals surface area contributed by atoms with E-state index in [1.165, 1.54) is 6.92 Å². The van der Waals surface area contributed by atoms with Crippen molar-refractivity contribution in [2.45, 2.75) is 19.9 Å². The molecule has 0 bridgehead atoms. The van der Waals surface area contributed by atoms with Crippen LogP contribution < -0.4 is 16.0 Å². The summed E-state index contributed by atoms with van der Waals surface area (Å²) in [6, 6.07) is 14.4. The number of carbonyl (C=O) groups is 2. The summed E-state index contributed by atoms with van der Waals surface area (Å²) in [5, 5.41) is 9.29. The first-order valence-electron chi connectivity index (χ1n) is 7.61. The zero-order valence-corrected chi connectivity index (χ0v) is 14.4. The Balaban J connectivity index is 1.85. The van der Waals surface area contributed by atoms with E-state index in [2.05, 4.69) is 16.0 Å². The van der Waals surface area contributed by atoms with Gasteiger partial charge in [-0.25, -0.2) is 0 Å². The van der Waals surface area contributed by atoms with Crippen molar-refractivity contribution in [1.82, 2.24) is 5.32 Å². The molecular weight excluding hydrogens is 326 g/mol. The van der Waals surface area contributed by atoms with Crippen LogP contribution in [0.15, 0.2) is 48.5 Å². The van der Waals surface area contributed by atoms with Gasteiger partial charge in [0.1, 0.15) is 0 Å². The van der Waals surface area contributed by atoms with Crippen LogP contribution in [0.25, 0.3) is 0 Å². The molecule has 2 aromatic rings. The molecule has 2 amide bonds. The third-order valence-corrected chi connectivity index (χ3v) is 3.77. The molecule has 0 radical (unpaired) electrons. The van der Waals surface area contributed by atoms with Gasteiger partial charge in [0, 0.05) is 29.4 Å². The van der Waals surface area contributed by atoms with E-state index in [0.29, 0.717) is 16.4 Å². The summed E-state index contributed by atoms with van der Waals surface area (Å²) in [5.41, 5.74) is 2.30. The molecule has 0 saturated carbocycles. The maximum atomic E-state index is 12.0. The van der Waals surface area contributed by atoms with Crippen LogP contribution in [0.3, 0.4) is 0 Å². The predicted octanol–water partition coefficient (Wildman–Crippen LogP) is 3.59. The van der Waals surface area contributed by atoms with Crippen molar-refractivity contribution in [2.24, 2.45) is 0 Å². The third-order valence-electron chi connectivity index (χ3n) is 3.43. The second-order valence-electron chi connectivity index (χ2n) is 5.43. The van der Waals surface area contributed by atoms with E-state index in [-0.39, 0.29) is 24.4 Å². The van der Waals surface area contributed by atoms with Crippen LogP contribution in [0.2, 0.25) is 5.02 Å².